The van der Waals surface area contributed by atoms with Gasteiger partial charge in [0.1, 0.15) is 0 Å². The van der Waals surface area contributed by atoms with Crippen molar-refractivity contribution in [1.29, 1.82) is 0 Å². The first-order valence-electron chi connectivity index (χ1n) is 9.10. The van der Waals surface area contributed by atoms with Gasteiger partial charge in [0.2, 0.25) is 0 Å². The van der Waals surface area contributed by atoms with E-state index in [1.165, 1.54) is 4.90 Å². The third-order valence-corrected chi connectivity index (χ3v) is 5.70. The molecule has 3 aromatic carbocycles. The molecule has 1 atom stereocenters. The van der Waals surface area contributed by atoms with Gasteiger partial charge in [-0.1, -0.05) is 77.8 Å². The second kappa shape index (κ2) is 8.37. The number of imide groups is 1. The average molecular weight is 426 g/mol. The highest BCUT2D eigenvalue weighted by molar-refractivity contribution is 6.42. The normalized spacial score (nSPS) is 14.2. The Balaban J connectivity index is 1.66. The van der Waals surface area contributed by atoms with Gasteiger partial charge >= 0.3 is 0 Å². The molecular weight excluding hydrogens is 409 g/mol. The Bertz CT molecular complexity index is 1030. The van der Waals surface area contributed by atoms with Crippen LogP contribution in [0.2, 0.25) is 10.0 Å². The summed E-state index contributed by atoms with van der Waals surface area (Å²) in [7, 11) is 0. The van der Waals surface area contributed by atoms with Gasteiger partial charge in [-0.05, 0) is 29.3 Å². The molecule has 0 bridgehead atoms. The van der Waals surface area contributed by atoms with E-state index in [4.69, 9.17) is 27.9 Å². The number of ether oxygens (including phenoxy) is 1. The van der Waals surface area contributed by atoms with Crippen LogP contribution >= 0.6 is 23.2 Å². The molecule has 0 radical (unpaired) electrons. The van der Waals surface area contributed by atoms with E-state index in [1.54, 1.807) is 42.5 Å². The second-order valence-corrected chi connectivity index (χ2v) is 7.47. The molecule has 1 aliphatic rings. The molecule has 146 valence electrons. The zero-order valence-electron chi connectivity index (χ0n) is 15.3. The van der Waals surface area contributed by atoms with Gasteiger partial charge < -0.3 is 4.74 Å². The quantitative estimate of drug-likeness (QED) is 0.486. The molecule has 1 heterocycles. The van der Waals surface area contributed by atoms with Crippen molar-refractivity contribution in [1.82, 2.24) is 4.90 Å². The number of fused-ring (bicyclic) bond motifs is 1. The second-order valence-electron chi connectivity index (χ2n) is 6.69. The molecule has 3 aromatic rings. The van der Waals surface area contributed by atoms with Crippen molar-refractivity contribution in [3.8, 4) is 0 Å². The fourth-order valence-electron chi connectivity index (χ4n) is 3.43. The molecule has 0 aliphatic carbocycles. The van der Waals surface area contributed by atoms with Crippen molar-refractivity contribution in [2.24, 2.45) is 0 Å². The van der Waals surface area contributed by atoms with Crippen LogP contribution in [0.25, 0.3) is 0 Å². The van der Waals surface area contributed by atoms with Crippen LogP contribution in [0.15, 0.2) is 72.8 Å². The molecular formula is C23H17Cl2NO3. The third-order valence-electron chi connectivity index (χ3n) is 4.86. The van der Waals surface area contributed by atoms with Gasteiger partial charge in [-0.2, -0.15) is 0 Å². The van der Waals surface area contributed by atoms with E-state index in [9.17, 15) is 9.59 Å². The predicted molar refractivity (Wildman–Crippen MR) is 112 cm³/mol. The molecule has 1 aliphatic heterocycles. The minimum absolute atomic E-state index is 0.0976. The number of hydrogen-bond donors (Lipinski definition) is 0. The molecule has 6 heteroatoms. The van der Waals surface area contributed by atoms with Crippen molar-refractivity contribution in [2.75, 3.05) is 6.61 Å². The minimum Gasteiger partial charge on any atom is -0.374 e. The van der Waals surface area contributed by atoms with Gasteiger partial charge in [0.15, 0.2) is 0 Å². The lowest BCUT2D eigenvalue weighted by Gasteiger charge is -2.27. The van der Waals surface area contributed by atoms with Crippen molar-refractivity contribution >= 4 is 35.0 Å². The fraction of sp³-hybridized carbons (Fsp3) is 0.130. The molecule has 0 saturated heterocycles. The largest absolute Gasteiger partial charge is 0.374 e. The molecule has 0 aromatic heterocycles. The highest BCUT2D eigenvalue weighted by atomic mass is 35.5. The van der Waals surface area contributed by atoms with Gasteiger partial charge in [-0.25, -0.2) is 0 Å². The average Bonchev–Trinajstić information content (AvgIpc) is 2.99. The maximum atomic E-state index is 13.0. The third kappa shape index (κ3) is 3.79. The Morgan fingerprint density at radius 3 is 2.07 bits per heavy atom. The molecule has 0 N–H and O–H groups in total. The van der Waals surface area contributed by atoms with Crippen LogP contribution in [-0.2, 0) is 11.3 Å². The number of carbonyl (C=O) groups is 2. The van der Waals surface area contributed by atoms with E-state index in [-0.39, 0.29) is 18.4 Å². The zero-order chi connectivity index (χ0) is 20.4. The number of nitrogens with zero attached hydrogens (tertiary/aromatic N) is 1. The van der Waals surface area contributed by atoms with Crippen molar-refractivity contribution in [2.45, 2.75) is 12.6 Å². The van der Waals surface area contributed by atoms with E-state index >= 15 is 0 Å². The summed E-state index contributed by atoms with van der Waals surface area (Å²) in [4.78, 5) is 27.3. The highest BCUT2D eigenvalue weighted by Crippen LogP contribution is 2.37. The summed E-state index contributed by atoms with van der Waals surface area (Å²) in [5.74, 6) is -0.732. The molecule has 4 rings (SSSR count). The number of hydrogen-bond acceptors (Lipinski definition) is 3. The van der Waals surface area contributed by atoms with Crippen LogP contribution in [0.1, 0.15) is 37.9 Å². The van der Waals surface area contributed by atoms with Crippen LogP contribution in [0, 0.1) is 0 Å². The van der Waals surface area contributed by atoms with Gasteiger partial charge in [-0.15, -0.1) is 0 Å². The lowest BCUT2D eigenvalue weighted by Crippen LogP contribution is -2.36. The SMILES string of the molecule is O=C1c2ccccc2C(=O)N1C(COCc1ccccc1)c1cccc(Cl)c1Cl. The van der Waals surface area contributed by atoms with Crippen molar-refractivity contribution < 1.29 is 14.3 Å². The standard InChI is InChI=1S/C23H17Cl2NO3/c24-19-12-6-11-18(21(19)25)20(14-29-13-15-7-2-1-3-8-15)26-22(27)16-9-4-5-10-17(16)23(26)28/h1-12,20H,13-14H2. The lowest BCUT2D eigenvalue weighted by atomic mass is 10.1. The summed E-state index contributed by atoms with van der Waals surface area (Å²) >= 11 is 12.6. The smallest absolute Gasteiger partial charge is 0.262 e. The van der Waals surface area contributed by atoms with E-state index in [0.717, 1.165) is 5.56 Å². The van der Waals surface area contributed by atoms with Crippen molar-refractivity contribution in [3.05, 3.63) is 105 Å². The predicted octanol–water partition coefficient (Wildman–Crippen LogP) is 5.55. The summed E-state index contributed by atoms with van der Waals surface area (Å²) in [6.45, 7) is 0.444. The number of carbonyl (C=O) groups excluding carboxylic acids is 2. The van der Waals surface area contributed by atoms with E-state index in [2.05, 4.69) is 0 Å². The molecule has 0 saturated carbocycles. The Morgan fingerprint density at radius 1 is 0.793 bits per heavy atom. The minimum atomic E-state index is -0.697. The number of halogens is 2. The zero-order valence-corrected chi connectivity index (χ0v) is 16.9. The molecule has 1 unspecified atom stereocenters. The fourth-order valence-corrected chi connectivity index (χ4v) is 3.87. The number of benzene rings is 3. The Morgan fingerprint density at radius 2 is 1.41 bits per heavy atom. The summed E-state index contributed by atoms with van der Waals surface area (Å²) in [6.07, 6.45) is 0. The molecule has 0 fully saturated rings. The summed E-state index contributed by atoms with van der Waals surface area (Å²) in [6, 6.07) is 20.9. The Hall–Kier alpha value is -2.66. The first-order valence-corrected chi connectivity index (χ1v) is 9.86. The topological polar surface area (TPSA) is 46.6 Å². The lowest BCUT2D eigenvalue weighted by molar-refractivity contribution is 0.0360. The van der Waals surface area contributed by atoms with Crippen LogP contribution in [-0.4, -0.2) is 23.3 Å². The summed E-state index contributed by atoms with van der Waals surface area (Å²) in [5, 5.41) is 0.660. The molecule has 29 heavy (non-hydrogen) atoms. The first-order chi connectivity index (χ1) is 14.1. The van der Waals surface area contributed by atoms with E-state index < -0.39 is 6.04 Å². The molecule has 2 amide bonds. The van der Waals surface area contributed by atoms with Crippen LogP contribution in [0.5, 0.6) is 0 Å². The first kappa shape index (κ1) is 19.6. The van der Waals surface area contributed by atoms with E-state index in [0.29, 0.717) is 33.3 Å². The molecule has 0 spiro atoms. The van der Waals surface area contributed by atoms with Gasteiger partial charge in [-0.3, -0.25) is 14.5 Å². The van der Waals surface area contributed by atoms with Crippen LogP contribution in [0.4, 0.5) is 0 Å². The van der Waals surface area contributed by atoms with E-state index in [1.807, 2.05) is 30.3 Å². The summed E-state index contributed by atoms with van der Waals surface area (Å²) in [5.41, 5.74) is 2.32. The van der Waals surface area contributed by atoms with Crippen molar-refractivity contribution in [3.63, 3.8) is 0 Å². The summed E-state index contributed by atoms with van der Waals surface area (Å²) < 4.78 is 5.89. The number of amides is 2. The maximum Gasteiger partial charge on any atom is 0.262 e. The van der Waals surface area contributed by atoms with Gasteiger partial charge in [0, 0.05) is 0 Å². The van der Waals surface area contributed by atoms with Crippen LogP contribution in [0.3, 0.4) is 0 Å². The monoisotopic (exact) mass is 425 g/mol. The van der Waals surface area contributed by atoms with Gasteiger partial charge in [0.05, 0.1) is 40.4 Å². The number of rotatable bonds is 6. The highest BCUT2D eigenvalue weighted by Gasteiger charge is 2.41. The Labute approximate surface area is 178 Å². The van der Waals surface area contributed by atoms with Crippen LogP contribution < -0.4 is 0 Å². The Kier molecular flexibility index (Phi) is 5.67. The molecule has 4 nitrogen and oxygen atoms in total. The maximum absolute atomic E-state index is 13.0. The van der Waals surface area contributed by atoms with Gasteiger partial charge in [0.25, 0.3) is 11.8 Å².